The first-order chi connectivity index (χ1) is 9.06. The second-order valence-corrected chi connectivity index (χ2v) is 4.42. The highest BCUT2D eigenvalue weighted by molar-refractivity contribution is 5.99. The van der Waals surface area contributed by atoms with Crippen LogP contribution >= 0.6 is 0 Å². The number of allylic oxidation sites excluding steroid dienone is 3. The minimum Gasteiger partial charge on any atom is -0.253 e. The van der Waals surface area contributed by atoms with Crippen molar-refractivity contribution < 1.29 is 8.78 Å². The Bertz CT molecular complexity index is 565. The monoisotopic (exact) mass is 259 g/mol. The molecule has 0 heterocycles. The van der Waals surface area contributed by atoms with Gasteiger partial charge < -0.3 is 0 Å². The van der Waals surface area contributed by atoms with Crippen LogP contribution in [0, 0.1) is 5.82 Å². The standard InChI is InChI=1S/C16H15F2N/c1-11(13-3-7-15(17)8-4-13)19-12(2)14-5-9-16(18)10-6-14/h3-7,9-10,15H,1,8H2,2H3. The van der Waals surface area contributed by atoms with Gasteiger partial charge in [-0.15, -0.1) is 0 Å². The van der Waals surface area contributed by atoms with Crippen LogP contribution in [-0.4, -0.2) is 11.9 Å². The fraction of sp³-hybridized carbons (Fsp3) is 0.188. The third kappa shape index (κ3) is 3.47. The Balaban J connectivity index is 2.15. The van der Waals surface area contributed by atoms with Crippen molar-refractivity contribution >= 4 is 5.71 Å². The first kappa shape index (κ1) is 13.4. The predicted octanol–water partition coefficient (Wildman–Crippen LogP) is 4.37. The van der Waals surface area contributed by atoms with E-state index in [1.165, 1.54) is 18.2 Å². The zero-order chi connectivity index (χ0) is 13.8. The molecule has 1 unspecified atom stereocenters. The molecular weight excluding hydrogens is 244 g/mol. The number of alkyl halides is 1. The van der Waals surface area contributed by atoms with E-state index in [0.717, 1.165) is 16.8 Å². The zero-order valence-electron chi connectivity index (χ0n) is 10.7. The van der Waals surface area contributed by atoms with Crippen molar-refractivity contribution in [3.05, 3.63) is 71.7 Å². The SMILES string of the molecule is C=C(N=C(C)c1ccc(F)cc1)C1=CCC(F)C=C1. The molecular formula is C16H15F2N. The van der Waals surface area contributed by atoms with Crippen molar-refractivity contribution in [2.45, 2.75) is 19.5 Å². The van der Waals surface area contributed by atoms with Crippen LogP contribution in [0.2, 0.25) is 0 Å². The maximum absolute atomic E-state index is 13.0. The Labute approximate surface area is 111 Å². The Kier molecular flexibility index (Phi) is 4.05. The quantitative estimate of drug-likeness (QED) is 0.715. The summed E-state index contributed by atoms with van der Waals surface area (Å²) >= 11 is 0. The molecule has 1 aliphatic carbocycles. The van der Waals surface area contributed by atoms with Crippen LogP contribution in [0.25, 0.3) is 0 Å². The molecule has 19 heavy (non-hydrogen) atoms. The van der Waals surface area contributed by atoms with Gasteiger partial charge in [-0.05, 0) is 36.3 Å². The average Bonchev–Trinajstić information content (AvgIpc) is 2.40. The van der Waals surface area contributed by atoms with E-state index in [2.05, 4.69) is 11.6 Å². The molecule has 1 atom stereocenters. The summed E-state index contributed by atoms with van der Waals surface area (Å²) in [5, 5.41) is 0. The van der Waals surface area contributed by atoms with Gasteiger partial charge >= 0.3 is 0 Å². The third-order valence-electron chi connectivity index (χ3n) is 2.95. The summed E-state index contributed by atoms with van der Waals surface area (Å²) in [7, 11) is 0. The summed E-state index contributed by atoms with van der Waals surface area (Å²) in [6.07, 6.45) is 4.42. The number of hydrogen-bond acceptors (Lipinski definition) is 1. The van der Waals surface area contributed by atoms with Crippen molar-refractivity contribution in [1.29, 1.82) is 0 Å². The molecule has 0 N–H and O–H groups in total. The van der Waals surface area contributed by atoms with Gasteiger partial charge in [-0.25, -0.2) is 8.78 Å². The Morgan fingerprint density at radius 3 is 2.58 bits per heavy atom. The molecule has 0 aromatic heterocycles. The molecule has 98 valence electrons. The lowest BCUT2D eigenvalue weighted by atomic mass is 10.0. The van der Waals surface area contributed by atoms with Crippen LogP contribution in [0.1, 0.15) is 18.9 Å². The van der Waals surface area contributed by atoms with Gasteiger partial charge in [0, 0.05) is 12.1 Å². The second kappa shape index (κ2) is 5.74. The lowest BCUT2D eigenvalue weighted by molar-refractivity contribution is 0.401. The highest BCUT2D eigenvalue weighted by Crippen LogP contribution is 2.20. The number of aliphatic imine (C=N–C) groups is 1. The van der Waals surface area contributed by atoms with E-state index in [1.807, 2.05) is 6.92 Å². The molecule has 1 aromatic carbocycles. The molecule has 0 radical (unpaired) electrons. The van der Waals surface area contributed by atoms with Crippen LogP contribution in [0.15, 0.2) is 65.3 Å². The van der Waals surface area contributed by atoms with E-state index in [9.17, 15) is 8.78 Å². The van der Waals surface area contributed by atoms with Crippen LogP contribution in [0.5, 0.6) is 0 Å². The first-order valence-electron chi connectivity index (χ1n) is 6.09. The van der Waals surface area contributed by atoms with E-state index >= 15 is 0 Å². The summed E-state index contributed by atoms with van der Waals surface area (Å²) in [6, 6.07) is 6.13. The van der Waals surface area contributed by atoms with Gasteiger partial charge in [0.1, 0.15) is 12.0 Å². The van der Waals surface area contributed by atoms with Crippen molar-refractivity contribution in [2.24, 2.45) is 4.99 Å². The zero-order valence-corrected chi connectivity index (χ0v) is 10.7. The number of benzene rings is 1. The summed E-state index contributed by atoms with van der Waals surface area (Å²) in [5.74, 6) is -0.276. The lowest BCUT2D eigenvalue weighted by Gasteiger charge is -2.10. The molecule has 0 bridgehead atoms. The number of nitrogens with zero attached hydrogens (tertiary/aromatic N) is 1. The van der Waals surface area contributed by atoms with Crippen molar-refractivity contribution in [3.8, 4) is 0 Å². The van der Waals surface area contributed by atoms with Crippen LogP contribution in [0.4, 0.5) is 8.78 Å². The van der Waals surface area contributed by atoms with Crippen molar-refractivity contribution in [3.63, 3.8) is 0 Å². The molecule has 3 heteroatoms. The smallest absolute Gasteiger partial charge is 0.123 e. The Morgan fingerprint density at radius 2 is 2.00 bits per heavy atom. The highest BCUT2D eigenvalue weighted by Gasteiger charge is 2.08. The van der Waals surface area contributed by atoms with E-state index < -0.39 is 6.17 Å². The molecule has 0 fully saturated rings. The molecule has 2 rings (SSSR count). The van der Waals surface area contributed by atoms with E-state index in [0.29, 0.717) is 12.1 Å². The average molecular weight is 259 g/mol. The topological polar surface area (TPSA) is 12.4 Å². The van der Waals surface area contributed by atoms with Gasteiger partial charge in [-0.3, -0.25) is 4.99 Å². The number of rotatable bonds is 3. The van der Waals surface area contributed by atoms with E-state index in [-0.39, 0.29) is 5.82 Å². The highest BCUT2D eigenvalue weighted by atomic mass is 19.1. The van der Waals surface area contributed by atoms with Gasteiger partial charge in [0.2, 0.25) is 0 Å². The Hall–Kier alpha value is -2.03. The molecule has 1 aliphatic rings. The van der Waals surface area contributed by atoms with Crippen molar-refractivity contribution in [2.75, 3.05) is 0 Å². The van der Waals surface area contributed by atoms with Gasteiger partial charge in [-0.1, -0.05) is 30.9 Å². The normalized spacial score (nSPS) is 19.2. The molecule has 0 saturated heterocycles. The Morgan fingerprint density at radius 1 is 1.32 bits per heavy atom. The van der Waals surface area contributed by atoms with Gasteiger partial charge in [0.05, 0.1) is 5.70 Å². The summed E-state index contributed by atoms with van der Waals surface area (Å²) < 4.78 is 25.8. The minimum atomic E-state index is -0.918. The van der Waals surface area contributed by atoms with Gasteiger partial charge in [0.25, 0.3) is 0 Å². The van der Waals surface area contributed by atoms with Crippen LogP contribution in [-0.2, 0) is 0 Å². The molecule has 1 nitrogen and oxygen atoms in total. The minimum absolute atomic E-state index is 0.276. The fourth-order valence-corrected chi connectivity index (χ4v) is 1.83. The predicted molar refractivity (Wildman–Crippen MR) is 74.5 cm³/mol. The maximum Gasteiger partial charge on any atom is 0.123 e. The summed E-state index contributed by atoms with van der Waals surface area (Å²) in [6.45, 7) is 5.72. The molecule has 1 aromatic rings. The molecule has 0 aliphatic heterocycles. The summed E-state index contributed by atoms with van der Waals surface area (Å²) in [5.41, 5.74) is 3.01. The summed E-state index contributed by atoms with van der Waals surface area (Å²) in [4.78, 5) is 4.38. The maximum atomic E-state index is 13.0. The fourth-order valence-electron chi connectivity index (χ4n) is 1.83. The van der Waals surface area contributed by atoms with Crippen LogP contribution < -0.4 is 0 Å². The van der Waals surface area contributed by atoms with E-state index in [4.69, 9.17) is 0 Å². The van der Waals surface area contributed by atoms with Gasteiger partial charge in [0.15, 0.2) is 0 Å². The van der Waals surface area contributed by atoms with Crippen molar-refractivity contribution in [1.82, 2.24) is 0 Å². The molecule has 0 spiro atoms. The largest absolute Gasteiger partial charge is 0.253 e. The first-order valence-corrected chi connectivity index (χ1v) is 6.09. The van der Waals surface area contributed by atoms with Crippen LogP contribution in [0.3, 0.4) is 0 Å². The number of hydrogen-bond donors (Lipinski definition) is 0. The third-order valence-corrected chi connectivity index (χ3v) is 2.95. The van der Waals surface area contributed by atoms with E-state index in [1.54, 1.807) is 24.3 Å². The van der Waals surface area contributed by atoms with Gasteiger partial charge in [-0.2, -0.15) is 0 Å². The number of halogens is 2. The molecule has 0 saturated carbocycles. The second-order valence-electron chi connectivity index (χ2n) is 4.42. The lowest BCUT2D eigenvalue weighted by Crippen LogP contribution is -2.01. The molecule has 0 amide bonds.